The molecule has 1 unspecified atom stereocenters. The molecular weight excluding hydrogens is 392 g/mol. The van der Waals surface area contributed by atoms with E-state index >= 15 is 0 Å². The molecule has 0 bridgehead atoms. The van der Waals surface area contributed by atoms with Crippen molar-refractivity contribution in [1.82, 2.24) is 10.2 Å². The largest absolute Gasteiger partial charge is 0.497 e. The third kappa shape index (κ3) is 4.23. The second kappa shape index (κ2) is 8.92. The highest BCUT2D eigenvalue weighted by Gasteiger charge is 2.40. The minimum atomic E-state index is -0.704. The first kappa shape index (κ1) is 20.5. The van der Waals surface area contributed by atoms with Crippen molar-refractivity contribution in [1.29, 1.82) is 0 Å². The fourth-order valence-corrected chi connectivity index (χ4v) is 3.85. The molecule has 1 aliphatic rings. The van der Waals surface area contributed by atoms with Crippen molar-refractivity contribution in [3.05, 3.63) is 95.1 Å². The van der Waals surface area contributed by atoms with Crippen LogP contribution in [-0.4, -0.2) is 30.9 Å². The first-order valence-electron chi connectivity index (χ1n) is 10.0. The fourth-order valence-electron chi connectivity index (χ4n) is 3.85. The molecule has 0 radical (unpaired) electrons. The maximum atomic E-state index is 13.2. The Hall–Kier alpha value is -3.80. The lowest BCUT2D eigenvalue weighted by Gasteiger charge is -2.25. The predicted octanol–water partition coefficient (Wildman–Crippen LogP) is 3.72. The van der Waals surface area contributed by atoms with Gasteiger partial charge in [-0.15, -0.1) is 0 Å². The van der Waals surface area contributed by atoms with Crippen LogP contribution in [0.15, 0.2) is 72.8 Å². The summed E-state index contributed by atoms with van der Waals surface area (Å²) >= 11 is 0. The molecule has 4 rings (SSSR count). The lowest BCUT2D eigenvalue weighted by molar-refractivity contribution is -0.125. The van der Waals surface area contributed by atoms with Gasteiger partial charge in [0.1, 0.15) is 17.5 Å². The first-order valence-corrected chi connectivity index (χ1v) is 10.0. The number of amides is 2. The molecule has 2 amide bonds. The van der Waals surface area contributed by atoms with Crippen LogP contribution in [0.2, 0.25) is 0 Å². The van der Waals surface area contributed by atoms with Gasteiger partial charge in [-0.2, -0.15) is 0 Å². The molecule has 0 aliphatic carbocycles. The number of benzene rings is 3. The van der Waals surface area contributed by atoms with Gasteiger partial charge in [0.25, 0.3) is 5.91 Å². The molecule has 3 aromatic carbocycles. The summed E-state index contributed by atoms with van der Waals surface area (Å²) < 4.78 is 10.7. The summed E-state index contributed by atoms with van der Waals surface area (Å²) in [7, 11) is 3.16. The normalized spacial score (nSPS) is 14.8. The van der Waals surface area contributed by atoms with Crippen LogP contribution >= 0.6 is 0 Å². The maximum Gasteiger partial charge on any atom is 0.255 e. The first-order chi connectivity index (χ1) is 15.1. The number of nitrogens with one attached hydrogen (secondary N) is 1. The van der Waals surface area contributed by atoms with Crippen LogP contribution in [0.25, 0.3) is 0 Å². The number of hydrogen-bond acceptors (Lipinski definition) is 4. The zero-order valence-electron chi connectivity index (χ0n) is 17.5. The number of nitrogens with zero attached hydrogens (tertiary/aromatic N) is 1. The highest BCUT2D eigenvalue weighted by molar-refractivity contribution is 6.04. The second-order valence-electron chi connectivity index (χ2n) is 7.35. The molecule has 3 aromatic rings. The van der Waals surface area contributed by atoms with Gasteiger partial charge in [-0.3, -0.25) is 9.59 Å². The van der Waals surface area contributed by atoms with Crippen LogP contribution in [0.1, 0.15) is 33.1 Å². The molecule has 0 saturated carbocycles. The van der Waals surface area contributed by atoms with Crippen LogP contribution in [0.5, 0.6) is 11.5 Å². The number of hydrogen-bond donors (Lipinski definition) is 1. The van der Waals surface area contributed by atoms with E-state index in [1.54, 1.807) is 31.3 Å². The van der Waals surface area contributed by atoms with E-state index in [4.69, 9.17) is 9.47 Å². The Balaban J connectivity index is 1.62. The second-order valence-corrected chi connectivity index (χ2v) is 7.35. The predicted molar refractivity (Wildman–Crippen MR) is 117 cm³/mol. The number of rotatable bonds is 7. The molecular formula is C25H24N2O4. The van der Waals surface area contributed by atoms with Crippen LogP contribution in [0, 0.1) is 0 Å². The summed E-state index contributed by atoms with van der Waals surface area (Å²) in [6, 6.07) is 21.7. The molecule has 1 atom stereocenters. The molecule has 1 aliphatic heterocycles. The van der Waals surface area contributed by atoms with Crippen molar-refractivity contribution in [3.63, 3.8) is 0 Å². The number of methoxy groups -OCH3 is 2. The van der Waals surface area contributed by atoms with Gasteiger partial charge in [-0.1, -0.05) is 48.5 Å². The van der Waals surface area contributed by atoms with Gasteiger partial charge < -0.3 is 19.7 Å². The van der Waals surface area contributed by atoms with Gasteiger partial charge >= 0.3 is 0 Å². The Bertz CT molecular complexity index is 1080. The van der Waals surface area contributed by atoms with Crippen molar-refractivity contribution in [3.8, 4) is 11.5 Å². The SMILES string of the molecule is COc1cc(CN2C(=O)c3ccccc3C2C(=O)NCc2ccccc2)cc(OC)c1. The number of ether oxygens (including phenoxy) is 2. The number of fused-ring (bicyclic) bond motifs is 1. The van der Waals surface area contributed by atoms with Crippen molar-refractivity contribution in [2.24, 2.45) is 0 Å². The van der Waals surface area contributed by atoms with Gasteiger partial charge in [0.05, 0.1) is 14.2 Å². The monoisotopic (exact) mass is 416 g/mol. The van der Waals surface area contributed by atoms with Crippen LogP contribution < -0.4 is 14.8 Å². The molecule has 1 heterocycles. The van der Waals surface area contributed by atoms with E-state index in [2.05, 4.69) is 5.32 Å². The zero-order chi connectivity index (χ0) is 21.8. The Kier molecular flexibility index (Phi) is 5.89. The Morgan fingerprint density at radius 3 is 2.23 bits per heavy atom. The molecule has 0 saturated heterocycles. The van der Waals surface area contributed by atoms with E-state index in [-0.39, 0.29) is 18.4 Å². The third-order valence-corrected chi connectivity index (χ3v) is 5.38. The van der Waals surface area contributed by atoms with Gasteiger partial charge in [-0.25, -0.2) is 0 Å². The van der Waals surface area contributed by atoms with Crippen molar-refractivity contribution < 1.29 is 19.1 Å². The van der Waals surface area contributed by atoms with Crippen molar-refractivity contribution in [2.75, 3.05) is 14.2 Å². The summed E-state index contributed by atoms with van der Waals surface area (Å²) in [6.45, 7) is 0.651. The lowest BCUT2D eigenvalue weighted by atomic mass is 10.0. The highest BCUT2D eigenvalue weighted by Crippen LogP contribution is 2.36. The third-order valence-electron chi connectivity index (χ3n) is 5.38. The lowest BCUT2D eigenvalue weighted by Crippen LogP contribution is -2.38. The van der Waals surface area contributed by atoms with Gasteiger partial charge in [0.15, 0.2) is 0 Å². The molecule has 6 nitrogen and oxygen atoms in total. The number of carbonyl (C=O) groups is 2. The maximum absolute atomic E-state index is 13.2. The summed E-state index contributed by atoms with van der Waals surface area (Å²) in [5.41, 5.74) is 3.08. The van der Waals surface area contributed by atoms with Gasteiger partial charge in [0.2, 0.25) is 5.91 Å². The van der Waals surface area contributed by atoms with Crippen LogP contribution in [0.4, 0.5) is 0 Å². The van der Waals surface area contributed by atoms with E-state index in [9.17, 15) is 9.59 Å². The quantitative estimate of drug-likeness (QED) is 0.638. The van der Waals surface area contributed by atoms with Crippen molar-refractivity contribution in [2.45, 2.75) is 19.1 Å². The molecule has 0 spiro atoms. The Labute approximate surface area is 181 Å². The van der Waals surface area contributed by atoms with Crippen LogP contribution in [0.3, 0.4) is 0 Å². The Morgan fingerprint density at radius 2 is 1.55 bits per heavy atom. The number of carbonyl (C=O) groups excluding carboxylic acids is 2. The molecule has 6 heteroatoms. The molecule has 158 valence electrons. The van der Waals surface area contributed by atoms with E-state index in [0.29, 0.717) is 29.2 Å². The average molecular weight is 416 g/mol. The molecule has 0 fully saturated rings. The topological polar surface area (TPSA) is 67.9 Å². The molecule has 31 heavy (non-hydrogen) atoms. The summed E-state index contributed by atoms with van der Waals surface area (Å²) in [5, 5.41) is 2.98. The fraction of sp³-hybridized carbons (Fsp3) is 0.200. The summed E-state index contributed by atoms with van der Waals surface area (Å²) in [6.07, 6.45) is 0. The standard InChI is InChI=1S/C25H24N2O4/c1-30-19-12-18(13-20(14-19)31-2)16-27-23(21-10-6-7-11-22(21)25(27)29)24(28)26-15-17-8-4-3-5-9-17/h3-14,23H,15-16H2,1-2H3,(H,26,28). The zero-order valence-corrected chi connectivity index (χ0v) is 17.5. The molecule has 0 aromatic heterocycles. The van der Waals surface area contributed by atoms with E-state index in [1.165, 1.54) is 0 Å². The minimum absolute atomic E-state index is 0.169. The summed E-state index contributed by atoms with van der Waals surface area (Å²) in [4.78, 5) is 28.0. The Morgan fingerprint density at radius 1 is 0.903 bits per heavy atom. The average Bonchev–Trinajstić information content (AvgIpc) is 3.09. The molecule has 1 N–H and O–H groups in total. The smallest absolute Gasteiger partial charge is 0.255 e. The summed E-state index contributed by atoms with van der Waals surface area (Å²) in [5.74, 6) is 0.876. The van der Waals surface area contributed by atoms with E-state index in [0.717, 1.165) is 11.1 Å². The van der Waals surface area contributed by atoms with E-state index < -0.39 is 6.04 Å². The van der Waals surface area contributed by atoms with Gasteiger partial charge in [0, 0.05) is 24.7 Å². The van der Waals surface area contributed by atoms with Crippen LogP contribution in [-0.2, 0) is 17.9 Å². The van der Waals surface area contributed by atoms with Gasteiger partial charge in [-0.05, 0) is 34.9 Å². The highest BCUT2D eigenvalue weighted by atomic mass is 16.5. The van der Waals surface area contributed by atoms with Crippen molar-refractivity contribution >= 4 is 11.8 Å². The van der Waals surface area contributed by atoms with E-state index in [1.807, 2.05) is 60.7 Å². The minimum Gasteiger partial charge on any atom is -0.497 e.